The molecule has 0 bridgehead atoms. The number of ether oxygens (including phenoxy) is 2. The maximum Gasteiger partial charge on any atom is 0.428 e. The van der Waals surface area contributed by atoms with Crippen molar-refractivity contribution in [1.29, 1.82) is 0 Å². The van der Waals surface area contributed by atoms with Gasteiger partial charge in [-0.25, -0.2) is 9.80 Å². The summed E-state index contributed by atoms with van der Waals surface area (Å²) in [4.78, 5) is 11.8. The van der Waals surface area contributed by atoms with Crippen LogP contribution in [0.3, 0.4) is 0 Å². The lowest BCUT2D eigenvalue weighted by Gasteiger charge is -2.26. The van der Waals surface area contributed by atoms with Crippen LogP contribution in [0.1, 0.15) is 27.7 Å². The Morgan fingerprint density at radius 2 is 1.95 bits per heavy atom. The van der Waals surface area contributed by atoms with Crippen LogP contribution >= 0.6 is 0 Å². The van der Waals surface area contributed by atoms with E-state index in [9.17, 15) is 4.79 Å². The molecule has 0 fully saturated rings. The molecule has 0 heterocycles. The molecule has 0 aliphatic heterocycles. The number of benzene rings is 1. The van der Waals surface area contributed by atoms with E-state index in [0.29, 0.717) is 12.4 Å². The summed E-state index contributed by atoms with van der Waals surface area (Å²) in [6.45, 7) is 7.95. The van der Waals surface area contributed by atoms with Gasteiger partial charge in [-0.05, 0) is 39.8 Å². The molecule has 1 N–H and O–H groups in total. The highest BCUT2D eigenvalue weighted by atomic mass is 16.6. The predicted octanol–water partition coefficient (Wildman–Crippen LogP) is 3.28. The maximum absolute atomic E-state index is 11.8. The van der Waals surface area contributed by atoms with E-state index >= 15 is 0 Å². The molecule has 0 aliphatic carbocycles. The fourth-order valence-electron chi connectivity index (χ4n) is 1.40. The van der Waals surface area contributed by atoms with Crippen LogP contribution < -0.4 is 10.2 Å². The Kier molecular flexibility index (Phi) is 5.03. The van der Waals surface area contributed by atoms with Crippen LogP contribution in [0.2, 0.25) is 0 Å². The summed E-state index contributed by atoms with van der Waals surface area (Å²) in [6.07, 6.45) is -0.446. The van der Waals surface area contributed by atoms with E-state index in [1.807, 2.05) is 52.0 Å². The molecule has 1 rings (SSSR count). The van der Waals surface area contributed by atoms with Gasteiger partial charge in [-0.1, -0.05) is 12.1 Å². The van der Waals surface area contributed by atoms with Gasteiger partial charge in [0.2, 0.25) is 0 Å². The van der Waals surface area contributed by atoms with Crippen LogP contribution in [-0.2, 0) is 4.74 Å². The van der Waals surface area contributed by atoms with E-state index in [0.717, 1.165) is 5.69 Å². The Labute approximate surface area is 114 Å². The average molecular weight is 266 g/mol. The third kappa shape index (κ3) is 5.07. The van der Waals surface area contributed by atoms with Gasteiger partial charge in [0.25, 0.3) is 0 Å². The Bertz CT molecular complexity index is 427. The van der Waals surface area contributed by atoms with Gasteiger partial charge < -0.3 is 9.47 Å². The molecule has 1 aromatic carbocycles. The summed E-state index contributed by atoms with van der Waals surface area (Å²) in [6, 6.07) is 7.43. The molecular weight excluding hydrogens is 244 g/mol. The van der Waals surface area contributed by atoms with Crippen LogP contribution in [0.15, 0.2) is 24.3 Å². The molecule has 0 saturated carbocycles. The van der Waals surface area contributed by atoms with Crippen molar-refractivity contribution in [2.45, 2.75) is 33.3 Å². The van der Waals surface area contributed by atoms with Gasteiger partial charge in [0.15, 0.2) is 0 Å². The lowest BCUT2D eigenvalue weighted by Crippen LogP contribution is -2.37. The maximum atomic E-state index is 11.8. The number of carbonyl (C=O) groups excluding carboxylic acids is 1. The number of hydrogen-bond acceptors (Lipinski definition) is 4. The Morgan fingerprint density at radius 3 is 2.53 bits per heavy atom. The van der Waals surface area contributed by atoms with Crippen LogP contribution in [0.5, 0.6) is 5.75 Å². The minimum absolute atomic E-state index is 0.446. The molecule has 1 amide bonds. The van der Waals surface area contributed by atoms with Crippen molar-refractivity contribution >= 4 is 11.8 Å². The fraction of sp³-hybridized carbons (Fsp3) is 0.500. The lowest BCUT2D eigenvalue weighted by atomic mass is 10.2. The normalized spacial score (nSPS) is 10.8. The van der Waals surface area contributed by atoms with E-state index in [1.54, 1.807) is 7.05 Å². The number of amides is 1. The zero-order valence-corrected chi connectivity index (χ0v) is 12.2. The Hall–Kier alpha value is -1.91. The van der Waals surface area contributed by atoms with Crippen molar-refractivity contribution < 1.29 is 14.3 Å². The first-order chi connectivity index (χ1) is 8.83. The standard InChI is InChI=1S/C14H22N2O3/c1-6-18-12-10-8-7-9-11(12)15-16(5)13(17)19-14(2,3)4/h7-10,15H,6H2,1-5H3. The largest absolute Gasteiger partial charge is 0.492 e. The van der Waals surface area contributed by atoms with E-state index in [4.69, 9.17) is 9.47 Å². The molecule has 5 nitrogen and oxygen atoms in total. The highest BCUT2D eigenvalue weighted by molar-refractivity contribution is 5.71. The van der Waals surface area contributed by atoms with Gasteiger partial charge in [-0.15, -0.1) is 0 Å². The Morgan fingerprint density at radius 1 is 1.32 bits per heavy atom. The van der Waals surface area contributed by atoms with Gasteiger partial charge in [-0.3, -0.25) is 5.43 Å². The van der Waals surface area contributed by atoms with Crippen molar-refractivity contribution in [3.05, 3.63) is 24.3 Å². The van der Waals surface area contributed by atoms with Gasteiger partial charge in [-0.2, -0.15) is 0 Å². The predicted molar refractivity (Wildman–Crippen MR) is 75.2 cm³/mol. The van der Waals surface area contributed by atoms with Gasteiger partial charge in [0, 0.05) is 7.05 Å². The van der Waals surface area contributed by atoms with Crippen LogP contribution in [0.25, 0.3) is 0 Å². The SMILES string of the molecule is CCOc1ccccc1NN(C)C(=O)OC(C)(C)C. The summed E-state index contributed by atoms with van der Waals surface area (Å²) in [5, 5.41) is 1.29. The number of rotatable bonds is 4. The quantitative estimate of drug-likeness (QED) is 0.850. The van der Waals surface area contributed by atoms with Gasteiger partial charge in [0.1, 0.15) is 11.4 Å². The van der Waals surface area contributed by atoms with Crippen molar-refractivity contribution in [1.82, 2.24) is 5.01 Å². The zero-order chi connectivity index (χ0) is 14.5. The van der Waals surface area contributed by atoms with Crippen LogP contribution in [-0.4, -0.2) is 30.4 Å². The molecule has 0 aliphatic rings. The summed E-state index contributed by atoms with van der Waals surface area (Å²) in [7, 11) is 1.61. The topological polar surface area (TPSA) is 50.8 Å². The van der Waals surface area contributed by atoms with Crippen LogP contribution in [0.4, 0.5) is 10.5 Å². The molecule has 0 unspecified atom stereocenters. The van der Waals surface area contributed by atoms with E-state index in [-0.39, 0.29) is 0 Å². The van der Waals surface area contributed by atoms with E-state index in [1.165, 1.54) is 5.01 Å². The second-order valence-electron chi connectivity index (χ2n) is 5.08. The first-order valence-corrected chi connectivity index (χ1v) is 6.28. The summed E-state index contributed by atoms with van der Waals surface area (Å²) in [5.74, 6) is 0.695. The molecule has 0 aromatic heterocycles. The molecule has 19 heavy (non-hydrogen) atoms. The first kappa shape index (κ1) is 15.1. The molecule has 106 valence electrons. The van der Waals surface area contributed by atoms with Gasteiger partial charge >= 0.3 is 6.09 Å². The molecule has 1 aromatic rings. The lowest BCUT2D eigenvalue weighted by molar-refractivity contribution is 0.0339. The number of hydrogen-bond donors (Lipinski definition) is 1. The number of carbonyl (C=O) groups is 1. The number of hydrazine groups is 1. The summed E-state index contributed by atoms with van der Waals surface area (Å²) >= 11 is 0. The number of nitrogens with one attached hydrogen (secondary N) is 1. The second-order valence-corrected chi connectivity index (χ2v) is 5.08. The van der Waals surface area contributed by atoms with E-state index < -0.39 is 11.7 Å². The second kappa shape index (κ2) is 6.31. The first-order valence-electron chi connectivity index (χ1n) is 6.28. The average Bonchev–Trinajstić information content (AvgIpc) is 2.29. The fourth-order valence-corrected chi connectivity index (χ4v) is 1.40. The van der Waals surface area contributed by atoms with Crippen molar-refractivity contribution in [2.75, 3.05) is 19.1 Å². The minimum Gasteiger partial charge on any atom is -0.492 e. The Balaban J connectivity index is 2.71. The highest BCUT2D eigenvalue weighted by Crippen LogP contribution is 2.24. The van der Waals surface area contributed by atoms with Gasteiger partial charge in [0.05, 0.1) is 12.3 Å². The smallest absolute Gasteiger partial charge is 0.428 e. The molecule has 0 spiro atoms. The molecule has 0 radical (unpaired) electrons. The third-order valence-corrected chi connectivity index (χ3v) is 2.14. The summed E-state index contributed by atoms with van der Waals surface area (Å²) in [5.41, 5.74) is 3.15. The van der Waals surface area contributed by atoms with Crippen molar-refractivity contribution in [2.24, 2.45) is 0 Å². The van der Waals surface area contributed by atoms with Crippen molar-refractivity contribution in [3.63, 3.8) is 0 Å². The van der Waals surface area contributed by atoms with E-state index in [2.05, 4.69) is 5.43 Å². The number of nitrogens with zero attached hydrogens (tertiary/aromatic N) is 1. The molecular formula is C14H22N2O3. The zero-order valence-electron chi connectivity index (χ0n) is 12.2. The van der Waals surface area contributed by atoms with Crippen LogP contribution in [0, 0.1) is 0 Å². The van der Waals surface area contributed by atoms with Crippen molar-refractivity contribution in [3.8, 4) is 5.75 Å². The number of para-hydroxylation sites is 2. The molecule has 0 atom stereocenters. The molecule has 5 heteroatoms. The number of anilines is 1. The molecule has 0 saturated heterocycles. The monoisotopic (exact) mass is 266 g/mol. The highest BCUT2D eigenvalue weighted by Gasteiger charge is 2.20. The third-order valence-electron chi connectivity index (χ3n) is 2.14. The summed E-state index contributed by atoms with van der Waals surface area (Å²) < 4.78 is 10.7. The minimum atomic E-state index is -0.521.